The standard InChI is InChI=1S/C21H22N4O2/c1-5-16(10-18(7-1)26-13-15-4-3-9-22-11-15)19-24-20(27-25-19)21-8-2-6-17(21)12-23-14-21/h1,3-5,7,9-11,17,23H,2,6,8,12-14H2/t17-,21-/m1/s1. The Morgan fingerprint density at radius 3 is 3.19 bits per heavy atom. The largest absolute Gasteiger partial charge is 0.489 e. The van der Waals surface area contributed by atoms with Gasteiger partial charge in [0.15, 0.2) is 0 Å². The van der Waals surface area contributed by atoms with Crippen LogP contribution in [0.5, 0.6) is 5.75 Å². The van der Waals surface area contributed by atoms with Crippen LogP contribution in [0, 0.1) is 5.92 Å². The predicted octanol–water partition coefficient (Wildman–Crippen LogP) is 3.35. The lowest BCUT2D eigenvalue weighted by Crippen LogP contribution is -2.31. The Hall–Kier alpha value is -2.73. The number of benzene rings is 1. The quantitative estimate of drug-likeness (QED) is 0.750. The third kappa shape index (κ3) is 3.00. The van der Waals surface area contributed by atoms with Crippen molar-refractivity contribution < 1.29 is 9.26 Å². The van der Waals surface area contributed by atoms with Gasteiger partial charge < -0.3 is 14.6 Å². The van der Waals surface area contributed by atoms with Crippen LogP contribution in [0.1, 0.15) is 30.7 Å². The van der Waals surface area contributed by atoms with Crippen molar-refractivity contribution in [1.82, 2.24) is 20.4 Å². The van der Waals surface area contributed by atoms with E-state index in [2.05, 4.69) is 15.5 Å². The van der Waals surface area contributed by atoms with Crippen LogP contribution in [-0.4, -0.2) is 28.2 Å². The van der Waals surface area contributed by atoms with Gasteiger partial charge in [0.05, 0.1) is 5.41 Å². The van der Waals surface area contributed by atoms with E-state index < -0.39 is 0 Å². The van der Waals surface area contributed by atoms with Gasteiger partial charge in [0.1, 0.15) is 12.4 Å². The fraction of sp³-hybridized carbons (Fsp3) is 0.381. The monoisotopic (exact) mass is 362 g/mol. The van der Waals surface area contributed by atoms with Crippen LogP contribution >= 0.6 is 0 Å². The molecular formula is C21H22N4O2. The van der Waals surface area contributed by atoms with E-state index in [1.54, 1.807) is 6.20 Å². The van der Waals surface area contributed by atoms with E-state index in [1.165, 1.54) is 12.8 Å². The van der Waals surface area contributed by atoms with Crippen molar-refractivity contribution >= 4 is 0 Å². The molecule has 0 unspecified atom stereocenters. The van der Waals surface area contributed by atoms with Crippen molar-refractivity contribution in [3.05, 3.63) is 60.2 Å². The van der Waals surface area contributed by atoms with E-state index in [9.17, 15) is 0 Å². The Balaban J connectivity index is 1.36. The molecule has 0 bridgehead atoms. The topological polar surface area (TPSA) is 73.1 Å². The number of hydrogen-bond donors (Lipinski definition) is 1. The first-order valence-corrected chi connectivity index (χ1v) is 9.51. The van der Waals surface area contributed by atoms with Gasteiger partial charge in [-0.15, -0.1) is 0 Å². The fourth-order valence-corrected chi connectivity index (χ4v) is 4.42. The average Bonchev–Trinajstić information content (AvgIpc) is 3.42. The normalized spacial score (nSPS) is 24.1. The highest BCUT2D eigenvalue weighted by Crippen LogP contribution is 2.47. The number of pyridine rings is 1. The van der Waals surface area contributed by atoms with Gasteiger partial charge in [0.2, 0.25) is 11.7 Å². The predicted molar refractivity (Wildman–Crippen MR) is 100 cm³/mol. The first-order chi connectivity index (χ1) is 13.3. The van der Waals surface area contributed by atoms with Gasteiger partial charge in [-0.3, -0.25) is 4.98 Å². The molecule has 138 valence electrons. The molecule has 1 saturated carbocycles. The lowest BCUT2D eigenvalue weighted by molar-refractivity contribution is 0.265. The maximum Gasteiger partial charge on any atom is 0.234 e. The summed E-state index contributed by atoms with van der Waals surface area (Å²) in [6.45, 7) is 2.47. The van der Waals surface area contributed by atoms with E-state index in [-0.39, 0.29) is 5.41 Å². The SMILES string of the molecule is c1cncc(COc2cccc(-c3noc([C@@]45CCC[C@@H]4CNC5)n3)c2)c1. The minimum atomic E-state index is 0.0275. The van der Waals surface area contributed by atoms with Crippen molar-refractivity contribution in [2.24, 2.45) is 5.92 Å². The van der Waals surface area contributed by atoms with Gasteiger partial charge in [0, 0.05) is 30.1 Å². The summed E-state index contributed by atoms with van der Waals surface area (Å²) in [5, 5.41) is 7.77. The van der Waals surface area contributed by atoms with Crippen molar-refractivity contribution in [2.45, 2.75) is 31.3 Å². The second kappa shape index (κ2) is 6.78. The zero-order valence-corrected chi connectivity index (χ0v) is 15.1. The molecule has 3 heterocycles. The van der Waals surface area contributed by atoms with Gasteiger partial charge >= 0.3 is 0 Å². The summed E-state index contributed by atoms with van der Waals surface area (Å²) >= 11 is 0. The zero-order chi connectivity index (χ0) is 18.1. The molecule has 1 N–H and O–H groups in total. The summed E-state index contributed by atoms with van der Waals surface area (Å²) in [7, 11) is 0. The third-order valence-corrected chi connectivity index (χ3v) is 5.86. The van der Waals surface area contributed by atoms with Crippen molar-refractivity contribution in [2.75, 3.05) is 13.1 Å². The molecule has 2 fully saturated rings. The van der Waals surface area contributed by atoms with E-state index in [0.29, 0.717) is 18.3 Å². The molecule has 2 aliphatic rings. The molecule has 1 aliphatic carbocycles. The Kier molecular flexibility index (Phi) is 4.13. The Morgan fingerprint density at radius 1 is 1.26 bits per heavy atom. The summed E-state index contributed by atoms with van der Waals surface area (Å²) in [5.74, 6) is 2.80. The summed E-state index contributed by atoms with van der Waals surface area (Å²) in [6, 6.07) is 11.7. The Labute approximate surface area is 158 Å². The second-order valence-electron chi connectivity index (χ2n) is 7.48. The number of nitrogens with zero attached hydrogens (tertiary/aromatic N) is 3. The molecular weight excluding hydrogens is 340 g/mol. The first-order valence-electron chi connectivity index (χ1n) is 9.51. The number of rotatable bonds is 5. The van der Waals surface area contributed by atoms with Gasteiger partial charge in [-0.1, -0.05) is 29.8 Å². The minimum Gasteiger partial charge on any atom is -0.489 e. The van der Waals surface area contributed by atoms with Crippen molar-refractivity contribution in [1.29, 1.82) is 0 Å². The van der Waals surface area contributed by atoms with Gasteiger partial charge in [-0.05, 0) is 43.5 Å². The molecule has 2 aromatic heterocycles. The number of ether oxygens (including phenoxy) is 1. The molecule has 2 atom stereocenters. The zero-order valence-electron chi connectivity index (χ0n) is 15.1. The number of nitrogens with one attached hydrogen (secondary N) is 1. The molecule has 6 heteroatoms. The van der Waals surface area contributed by atoms with Gasteiger partial charge in [0.25, 0.3) is 0 Å². The number of fused-ring (bicyclic) bond motifs is 1. The lowest BCUT2D eigenvalue weighted by Gasteiger charge is -2.22. The van der Waals surface area contributed by atoms with Crippen LogP contribution in [0.3, 0.4) is 0 Å². The highest BCUT2D eigenvalue weighted by molar-refractivity contribution is 5.57. The maximum atomic E-state index is 5.89. The van der Waals surface area contributed by atoms with Crippen molar-refractivity contribution in [3.63, 3.8) is 0 Å². The summed E-state index contributed by atoms with van der Waals surface area (Å²) in [4.78, 5) is 8.88. The van der Waals surface area contributed by atoms with E-state index >= 15 is 0 Å². The summed E-state index contributed by atoms with van der Waals surface area (Å²) in [6.07, 6.45) is 7.17. The molecule has 0 spiro atoms. The Bertz CT molecular complexity index is 915. The molecule has 6 nitrogen and oxygen atoms in total. The van der Waals surface area contributed by atoms with Gasteiger partial charge in [-0.2, -0.15) is 4.98 Å². The first kappa shape index (κ1) is 16.4. The molecule has 27 heavy (non-hydrogen) atoms. The Morgan fingerprint density at radius 2 is 2.26 bits per heavy atom. The lowest BCUT2D eigenvalue weighted by atomic mass is 9.80. The molecule has 5 rings (SSSR count). The van der Waals surface area contributed by atoms with Crippen molar-refractivity contribution in [3.8, 4) is 17.1 Å². The fourth-order valence-electron chi connectivity index (χ4n) is 4.42. The van der Waals surface area contributed by atoms with Crippen LogP contribution in [0.15, 0.2) is 53.3 Å². The maximum absolute atomic E-state index is 5.89. The summed E-state index contributed by atoms with van der Waals surface area (Å²) < 4.78 is 11.6. The third-order valence-electron chi connectivity index (χ3n) is 5.86. The van der Waals surface area contributed by atoms with Crippen LogP contribution < -0.4 is 10.1 Å². The van der Waals surface area contributed by atoms with Crippen LogP contribution in [0.25, 0.3) is 11.4 Å². The van der Waals surface area contributed by atoms with E-state index in [1.807, 2.05) is 42.6 Å². The molecule has 1 aromatic carbocycles. The van der Waals surface area contributed by atoms with Crippen LogP contribution in [-0.2, 0) is 12.0 Å². The van der Waals surface area contributed by atoms with E-state index in [4.69, 9.17) is 14.2 Å². The van der Waals surface area contributed by atoms with Crippen LogP contribution in [0.2, 0.25) is 0 Å². The smallest absolute Gasteiger partial charge is 0.234 e. The highest BCUT2D eigenvalue weighted by Gasteiger charge is 2.51. The molecule has 1 saturated heterocycles. The van der Waals surface area contributed by atoms with E-state index in [0.717, 1.165) is 42.3 Å². The molecule has 0 radical (unpaired) electrons. The molecule has 0 amide bonds. The summed E-state index contributed by atoms with van der Waals surface area (Å²) in [5.41, 5.74) is 1.97. The molecule has 1 aliphatic heterocycles. The molecule has 3 aromatic rings. The number of hydrogen-bond acceptors (Lipinski definition) is 6. The second-order valence-corrected chi connectivity index (χ2v) is 7.48. The minimum absolute atomic E-state index is 0.0275. The van der Waals surface area contributed by atoms with Gasteiger partial charge in [-0.25, -0.2) is 0 Å². The van der Waals surface area contributed by atoms with Crippen LogP contribution in [0.4, 0.5) is 0 Å². The average molecular weight is 362 g/mol. The number of aromatic nitrogens is 3. The highest BCUT2D eigenvalue weighted by atomic mass is 16.5.